The number of nitrogens with zero attached hydrogens (tertiary/aromatic N) is 1. The molecule has 5 heteroatoms. The second-order valence-corrected chi connectivity index (χ2v) is 6.05. The lowest BCUT2D eigenvalue weighted by atomic mass is 10.2. The molecular weight excluding hydrogens is 282 g/mol. The van der Waals surface area contributed by atoms with Crippen molar-refractivity contribution in [1.29, 1.82) is 0 Å². The quantitative estimate of drug-likeness (QED) is 0.562. The maximum atomic E-state index is 12.1. The summed E-state index contributed by atoms with van der Waals surface area (Å²) < 4.78 is 0. The number of aromatic nitrogens is 2. The molecule has 0 saturated heterocycles. The van der Waals surface area contributed by atoms with Crippen molar-refractivity contribution >= 4 is 28.4 Å². The predicted octanol–water partition coefficient (Wildman–Crippen LogP) is 3.27. The Balaban J connectivity index is 2.05. The number of benzene rings is 2. The number of hydrogen-bond donors (Lipinski definition) is 2. The highest BCUT2D eigenvalue weighted by Crippen LogP contribution is 2.28. The van der Waals surface area contributed by atoms with Crippen LogP contribution in [-0.2, 0) is 0 Å². The van der Waals surface area contributed by atoms with Gasteiger partial charge >= 0.3 is 0 Å². The molecule has 0 aliphatic carbocycles. The van der Waals surface area contributed by atoms with E-state index < -0.39 is 0 Å². The summed E-state index contributed by atoms with van der Waals surface area (Å²) in [6.45, 7) is 4.11. The molecule has 1 heterocycles. The summed E-state index contributed by atoms with van der Waals surface area (Å²) in [5.41, 5.74) is 9.13. The summed E-state index contributed by atoms with van der Waals surface area (Å²) in [5.74, 6) is 0. The number of H-pyrrole nitrogens is 1. The molecule has 1 aromatic heterocycles. The lowest BCUT2D eigenvalue weighted by Crippen LogP contribution is -2.09. The van der Waals surface area contributed by atoms with Crippen LogP contribution in [0.1, 0.15) is 11.1 Å². The standard InChI is InChI=1S/C16H15N3OS/c1-9-3-6-14(10(2)7-9)21-16-18-13-5-4-11(17)8-12(13)15(20)19-16/h3-8H,17H2,1-2H3,(H,18,19,20). The van der Waals surface area contributed by atoms with E-state index in [9.17, 15) is 4.79 Å². The molecule has 4 nitrogen and oxygen atoms in total. The van der Waals surface area contributed by atoms with Crippen molar-refractivity contribution in [2.45, 2.75) is 23.9 Å². The van der Waals surface area contributed by atoms with Crippen LogP contribution < -0.4 is 11.3 Å². The summed E-state index contributed by atoms with van der Waals surface area (Å²) >= 11 is 1.46. The first-order valence-corrected chi connectivity index (χ1v) is 7.39. The van der Waals surface area contributed by atoms with Crippen LogP contribution in [0.5, 0.6) is 0 Å². The second-order valence-electron chi connectivity index (χ2n) is 5.02. The van der Waals surface area contributed by atoms with Crippen LogP contribution in [-0.4, -0.2) is 9.97 Å². The Morgan fingerprint density at radius 3 is 2.71 bits per heavy atom. The van der Waals surface area contributed by atoms with Crippen LogP contribution in [0.3, 0.4) is 0 Å². The third kappa shape index (κ3) is 2.78. The zero-order valence-corrected chi connectivity index (χ0v) is 12.6. The van der Waals surface area contributed by atoms with Crippen molar-refractivity contribution in [1.82, 2.24) is 9.97 Å². The van der Waals surface area contributed by atoms with E-state index in [1.807, 2.05) is 6.07 Å². The summed E-state index contributed by atoms with van der Waals surface area (Å²) in [5, 5.41) is 1.10. The number of nitrogen functional groups attached to an aromatic ring is 1. The molecule has 0 amide bonds. The van der Waals surface area contributed by atoms with Gasteiger partial charge < -0.3 is 10.7 Å². The fourth-order valence-electron chi connectivity index (χ4n) is 2.20. The number of nitrogens with one attached hydrogen (secondary N) is 1. The first-order valence-electron chi connectivity index (χ1n) is 6.57. The molecule has 3 N–H and O–H groups in total. The first-order chi connectivity index (χ1) is 10.0. The van der Waals surface area contributed by atoms with Gasteiger partial charge in [0.1, 0.15) is 0 Å². The van der Waals surface area contributed by atoms with Gasteiger partial charge in [0.05, 0.1) is 10.9 Å². The molecule has 0 bridgehead atoms. The lowest BCUT2D eigenvalue weighted by molar-refractivity contribution is 0.973. The highest BCUT2D eigenvalue weighted by Gasteiger charge is 2.07. The Morgan fingerprint density at radius 2 is 1.95 bits per heavy atom. The minimum Gasteiger partial charge on any atom is -0.399 e. The molecule has 0 aliphatic rings. The van der Waals surface area contributed by atoms with Gasteiger partial charge in [0.25, 0.3) is 5.56 Å². The molecule has 0 aliphatic heterocycles. The number of hydrogen-bond acceptors (Lipinski definition) is 4. The Morgan fingerprint density at radius 1 is 1.14 bits per heavy atom. The normalized spacial score (nSPS) is 11.0. The van der Waals surface area contributed by atoms with Gasteiger partial charge in [-0.2, -0.15) is 0 Å². The maximum absolute atomic E-state index is 12.1. The Hall–Kier alpha value is -2.27. The number of fused-ring (bicyclic) bond motifs is 1. The van der Waals surface area contributed by atoms with E-state index in [1.54, 1.807) is 18.2 Å². The average Bonchev–Trinajstić information content (AvgIpc) is 2.43. The van der Waals surface area contributed by atoms with Crippen molar-refractivity contribution in [3.8, 4) is 0 Å². The van der Waals surface area contributed by atoms with Gasteiger partial charge in [-0.25, -0.2) is 4.98 Å². The molecule has 0 atom stereocenters. The molecule has 2 aromatic carbocycles. The number of anilines is 1. The zero-order valence-electron chi connectivity index (χ0n) is 11.8. The van der Waals surface area contributed by atoms with Crippen molar-refractivity contribution in [2.75, 3.05) is 5.73 Å². The SMILES string of the molecule is Cc1ccc(Sc2nc3ccc(N)cc3c(=O)[nH]2)c(C)c1. The van der Waals surface area contributed by atoms with Gasteiger partial charge in [-0.1, -0.05) is 29.5 Å². The average molecular weight is 297 g/mol. The number of rotatable bonds is 2. The monoisotopic (exact) mass is 297 g/mol. The van der Waals surface area contributed by atoms with Crippen LogP contribution in [0.25, 0.3) is 10.9 Å². The Kier molecular flexibility index (Phi) is 3.43. The summed E-state index contributed by atoms with van der Waals surface area (Å²) in [7, 11) is 0. The number of aromatic amines is 1. The fraction of sp³-hybridized carbons (Fsp3) is 0.125. The van der Waals surface area contributed by atoms with Crippen LogP contribution in [0.2, 0.25) is 0 Å². The second kappa shape index (κ2) is 5.26. The van der Waals surface area contributed by atoms with E-state index >= 15 is 0 Å². The molecule has 0 saturated carbocycles. The van der Waals surface area contributed by atoms with E-state index in [2.05, 4.69) is 35.9 Å². The highest BCUT2D eigenvalue weighted by atomic mass is 32.2. The molecule has 0 radical (unpaired) electrons. The maximum Gasteiger partial charge on any atom is 0.259 e. The smallest absolute Gasteiger partial charge is 0.259 e. The highest BCUT2D eigenvalue weighted by molar-refractivity contribution is 7.99. The largest absolute Gasteiger partial charge is 0.399 e. The van der Waals surface area contributed by atoms with Crippen LogP contribution >= 0.6 is 11.8 Å². The minimum absolute atomic E-state index is 0.167. The van der Waals surface area contributed by atoms with Crippen LogP contribution in [0.15, 0.2) is 51.2 Å². The van der Waals surface area contributed by atoms with Gasteiger partial charge in [-0.05, 0) is 43.7 Å². The molecule has 0 spiro atoms. The molecule has 3 aromatic rings. The topological polar surface area (TPSA) is 71.8 Å². The fourth-order valence-corrected chi connectivity index (χ4v) is 3.05. The van der Waals surface area contributed by atoms with Crippen LogP contribution in [0, 0.1) is 13.8 Å². The molecule has 106 valence electrons. The number of aryl methyl sites for hydroxylation is 2. The van der Waals surface area contributed by atoms with E-state index in [4.69, 9.17) is 5.73 Å². The minimum atomic E-state index is -0.167. The van der Waals surface area contributed by atoms with E-state index in [-0.39, 0.29) is 5.56 Å². The third-order valence-electron chi connectivity index (χ3n) is 3.24. The molecule has 21 heavy (non-hydrogen) atoms. The summed E-state index contributed by atoms with van der Waals surface area (Å²) in [6, 6.07) is 11.4. The molecular formula is C16H15N3OS. The van der Waals surface area contributed by atoms with Gasteiger partial charge in [-0.15, -0.1) is 0 Å². The van der Waals surface area contributed by atoms with Gasteiger partial charge in [0.15, 0.2) is 5.16 Å². The zero-order chi connectivity index (χ0) is 15.0. The van der Waals surface area contributed by atoms with Crippen molar-refractivity contribution in [3.63, 3.8) is 0 Å². The third-order valence-corrected chi connectivity index (χ3v) is 4.31. The first kappa shape index (κ1) is 13.7. The van der Waals surface area contributed by atoms with Gasteiger partial charge in [-0.3, -0.25) is 4.79 Å². The molecule has 0 unspecified atom stereocenters. The lowest BCUT2D eigenvalue weighted by Gasteiger charge is -2.07. The Labute approximate surface area is 126 Å². The van der Waals surface area contributed by atoms with Crippen molar-refractivity contribution in [2.24, 2.45) is 0 Å². The molecule has 3 rings (SSSR count). The predicted molar refractivity (Wildman–Crippen MR) is 86.8 cm³/mol. The van der Waals surface area contributed by atoms with Crippen molar-refractivity contribution < 1.29 is 0 Å². The Bertz CT molecular complexity index is 886. The summed E-state index contributed by atoms with van der Waals surface area (Å²) in [6.07, 6.45) is 0. The number of nitrogens with two attached hydrogens (primary N) is 1. The van der Waals surface area contributed by atoms with Crippen LogP contribution in [0.4, 0.5) is 5.69 Å². The van der Waals surface area contributed by atoms with E-state index in [0.717, 1.165) is 4.90 Å². The van der Waals surface area contributed by atoms with E-state index in [0.29, 0.717) is 21.7 Å². The summed E-state index contributed by atoms with van der Waals surface area (Å²) in [4.78, 5) is 20.5. The van der Waals surface area contributed by atoms with Gasteiger partial charge in [0.2, 0.25) is 0 Å². The van der Waals surface area contributed by atoms with Crippen molar-refractivity contribution in [3.05, 3.63) is 57.9 Å². The van der Waals surface area contributed by atoms with E-state index in [1.165, 1.54) is 22.9 Å². The van der Waals surface area contributed by atoms with Gasteiger partial charge in [0, 0.05) is 10.6 Å². The molecule has 0 fully saturated rings.